The van der Waals surface area contributed by atoms with Gasteiger partial charge in [0.15, 0.2) is 0 Å². The highest BCUT2D eigenvalue weighted by molar-refractivity contribution is 7.90. The Hall–Kier alpha value is -2.68. The predicted molar refractivity (Wildman–Crippen MR) is 125 cm³/mol. The maximum Gasteiger partial charge on any atom is 0.315 e. The molecule has 0 aliphatic carbocycles. The molecular weight excluding hydrogens is 430 g/mol. The molecule has 0 radical (unpaired) electrons. The maximum absolute atomic E-state index is 12.4. The van der Waals surface area contributed by atoms with Crippen LogP contribution in [0.3, 0.4) is 0 Å². The van der Waals surface area contributed by atoms with Gasteiger partial charge in [-0.2, -0.15) is 11.3 Å². The zero-order chi connectivity index (χ0) is 22.0. The first-order valence-corrected chi connectivity index (χ1v) is 12.6. The van der Waals surface area contributed by atoms with Gasteiger partial charge >= 0.3 is 6.03 Å². The van der Waals surface area contributed by atoms with Crippen LogP contribution in [0.25, 0.3) is 22.3 Å². The third kappa shape index (κ3) is 4.81. The minimum absolute atomic E-state index is 0.230. The van der Waals surface area contributed by atoms with Gasteiger partial charge in [0.1, 0.15) is 0 Å². The third-order valence-corrected chi connectivity index (χ3v) is 8.01. The van der Waals surface area contributed by atoms with E-state index in [9.17, 15) is 13.2 Å². The first-order chi connectivity index (χ1) is 14.8. The Balaban J connectivity index is 1.54. The van der Waals surface area contributed by atoms with Crippen molar-refractivity contribution in [1.29, 1.82) is 0 Å². The average molecular weight is 456 g/mol. The molecule has 1 saturated heterocycles. The van der Waals surface area contributed by atoms with Crippen LogP contribution in [0.15, 0.2) is 65.4 Å². The SMILES string of the molecule is CC(C)S(=O)(=O)NC1CNC(=O)NC1c1ccc(-c2ccc(-c3ccsc3)cc2)cc1. The van der Waals surface area contributed by atoms with Crippen molar-refractivity contribution in [3.05, 3.63) is 70.9 Å². The Kier molecular flexibility index (Phi) is 6.13. The second kappa shape index (κ2) is 8.82. The van der Waals surface area contributed by atoms with Crippen LogP contribution in [-0.2, 0) is 10.0 Å². The molecule has 0 saturated carbocycles. The molecule has 1 aromatic heterocycles. The number of urea groups is 1. The van der Waals surface area contributed by atoms with Gasteiger partial charge in [-0.05, 0) is 58.5 Å². The molecule has 3 N–H and O–H groups in total. The van der Waals surface area contributed by atoms with Crippen molar-refractivity contribution in [2.45, 2.75) is 31.2 Å². The van der Waals surface area contributed by atoms with Crippen LogP contribution in [0.1, 0.15) is 25.5 Å². The molecule has 2 unspecified atom stereocenters. The van der Waals surface area contributed by atoms with Gasteiger partial charge in [-0.25, -0.2) is 17.9 Å². The summed E-state index contributed by atoms with van der Waals surface area (Å²) in [7, 11) is -3.47. The van der Waals surface area contributed by atoms with Crippen LogP contribution in [0, 0.1) is 0 Å². The number of hydrogen-bond acceptors (Lipinski definition) is 4. The van der Waals surface area contributed by atoms with Crippen molar-refractivity contribution in [2.24, 2.45) is 0 Å². The molecule has 162 valence electrons. The number of rotatable bonds is 6. The van der Waals surface area contributed by atoms with Crippen LogP contribution < -0.4 is 15.4 Å². The zero-order valence-electron chi connectivity index (χ0n) is 17.3. The molecule has 6 nitrogen and oxygen atoms in total. The summed E-state index contributed by atoms with van der Waals surface area (Å²) in [5, 5.41) is 9.16. The van der Waals surface area contributed by atoms with Crippen LogP contribution in [-0.4, -0.2) is 32.3 Å². The summed E-state index contributed by atoms with van der Waals surface area (Å²) in [5.74, 6) is 0. The molecule has 2 amide bonds. The number of sulfonamides is 1. The summed E-state index contributed by atoms with van der Waals surface area (Å²) in [6.07, 6.45) is 0. The van der Waals surface area contributed by atoms with Crippen molar-refractivity contribution >= 4 is 27.4 Å². The Bertz CT molecular complexity index is 1140. The molecule has 4 rings (SSSR count). The highest BCUT2D eigenvalue weighted by Gasteiger charge is 2.33. The van der Waals surface area contributed by atoms with Crippen LogP contribution >= 0.6 is 11.3 Å². The van der Waals surface area contributed by atoms with E-state index < -0.39 is 27.4 Å². The fourth-order valence-electron chi connectivity index (χ4n) is 3.55. The number of nitrogens with one attached hydrogen (secondary N) is 3. The molecule has 3 aromatic rings. The fraction of sp³-hybridized carbons (Fsp3) is 0.261. The molecule has 2 atom stereocenters. The molecule has 1 aliphatic rings. The van der Waals surface area contributed by atoms with Gasteiger partial charge in [0, 0.05) is 6.54 Å². The average Bonchev–Trinajstić information content (AvgIpc) is 3.30. The molecule has 1 aliphatic heterocycles. The molecule has 0 bridgehead atoms. The lowest BCUT2D eigenvalue weighted by Crippen LogP contribution is -2.59. The number of hydrogen-bond donors (Lipinski definition) is 3. The van der Waals surface area contributed by atoms with Gasteiger partial charge in [-0.3, -0.25) is 0 Å². The number of carbonyl (C=O) groups is 1. The Morgan fingerprint density at radius 2 is 1.52 bits per heavy atom. The predicted octanol–water partition coefficient (Wildman–Crippen LogP) is 4.13. The maximum atomic E-state index is 12.4. The van der Waals surface area contributed by atoms with Gasteiger partial charge in [-0.1, -0.05) is 48.5 Å². The lowest BCUT2D eigenvalue weighted by molar-refractivity contribution is 0.222. The largest absolute Gasteiger partial charge is 0.336 e. The topological polar surface area (TPSA) is 87.3 Å². The summed E-state index contributed by atoms with van der Waals surface area (Å²) in [6.45, 7) is 3.49. The molecule has 2 heterocycles. The van der Waals surface area contributed by atoms with E-state index in [1.54, 1.807) is 25.2 Å². The van der Waals surface area contributed by atoms with Gasteiger partial charge < -0.3 is 10.6 Å². The molecule has 8 heteroatoms. The van der Waals surface area contributed by atoms with Crippen molar-refractivity contribution < 1.29 is 13.2 Å². The normalized spacial score (nSPS) is 19.1. The number of amides is 2. The first kappa shape index (κ1) is 21.5. The Labute approximate surface area is 186 Å². The number of carbonyl (C=O) groups excluding carboxylic acids is 1. The van der Waals surface area contributed by atoms with Crippen LogP contribution in [0.5, 0.6) is 0 Å². The highest BCUT2D eigenvalue weighted by Crippen LogP contribution is 2.28. The number of thiophene rings is 1. The van der Waals surface area contributed by atoms with E-state index in [1.807, 2.05) is 24.3 Å². The first-order valence-electron chi connectivity index (χ1n) is 10.1. The minimum Gasteiger partial charge on any atom is -0.336 e. The van der Waals surface area contributed by atoms with E-state index in [0.717, 1.165) is 16.7 Å². The van der Waals surface area contributed by atoms with E-state index in [1.165, 1.54) is 11.1 Å². The van der Waals surface area contributed by atoms with E-state index >= 15 is 0 Å². The van der Waals surface area contributed by atoms with Gasteiger partial charge in [0.05, 0.1) is 17.3 Å². The molecular formula is C23H25N3O3S2. The molecule has 2 aromatic carbocycles. The summed E-state index contributed by atoms with van der Waals surface area (Å²) in [6, 6.07) is 17.1. The van der Waals surface area contributed by atoms with Gasteiger partial charge in [-0.15, -0.1) is 0 Å². The lowest BCUT2D eigenvalue weighted by atomic mass is 9.95. The van der Waals surface area contributed by atoms with Gasteiger partial charge in [0.25, 0.3) is 0 Å². The second-order valence-electron chi connectivity index (χ2n) is 7.86. The van der Waals surface area contributed by atoms with Crippen molar-refractivity contribution in [1.82, 2.24) is 15.4 Å². The van der Waals surface area contributed by atoms with Crippen molar-refractivity contribution in [3.63, 3.8) is 0 Å². The van der Waals surface area contributed by atoms with E-state index in [2.05, 4.69) is 56.4 Å². The fourth-order valence-corrected chi connectivity index (χ4v) is 5.13. The van der Waals surface area contributed by atoms with Crippen molar-refractivity contribution in [3.8, 4) is 22.3 Å². The second-order valence-corrected chi connectivity index (χ2v) is 10.9. The van der Waals surface area contributed by atoms with Crippen molar-refractivity contribution in [2.75, 3.05) is 6.54 Å². The van der Waals surface area contributed by atoms with Crippen LogP contribution in [0.2, 0.25) is 0 Å². The van der Waals surface area contributed by atoms with Gasteiger partial charge in [0.2, 0.25) is 10.0 Å². The Morgan fingerprint density at radius 1 is 0.935 bits per heavy atom. The third-order valence-electron chi connectivity index (χ3n) is 5.45. The molecule has 1 fully saturated rings. The van der Waals surface area contributed by atoms with E-state index in [-0.39, 0.29) is 12.6 Å². The van der Waals surface area contributed by atoms with E-state index in [0.29, 0.717) is 0 Å². The smallest absolute Gasteiger partial charge is 0.315 e. The molecule has 0 spiro atoms. The standard InChI is InChI=1S/C23H25N3O3S2/c1-15(2)31(28,29)26-21-13-24-23(27)25-22(21)19-9-7-17(8-10-19)16-3-5-18(6-4-16)20-11-12-30-14-20/h3-12,14-15,21-22,26H,13H2,1-2H3,(H2,24,25,27). The minimum atomic E-state index is -3.47. The molecule has 31 heavy (non-hydrogen) atoms. The summed E-state index contributed by atoms with van der Waals surface area (Å²) < 4.78 is 27.4. The number of benzene rings is 2. The Morgan fingerprint density at radius 3 is 2.06 bits per heavy atom. The van der Waals surface area contributed by atoms with E-state index in [4.69, 9.17) is 0 Å². The summed E-state index contributed by atoms with van der Waals surface area (Å²) in [4.78, 5) is 11.9. The summed E-state index contributed by atoms with van der Waals surface area (Å²) in [5.41, 5.74) is 5.39. The zero-order valence-corrected chi connectivity index (χ0v) is 19.0. The quantitative estimate of drug-likeness (QED) is 0.522. The lowest BCUT2D eigenvalue weighted by Gasteiger charge is -2.34. The summed E-state index contributed by atoms with van der Waals surface area (Å²) >= 11 is 1.68. The highest BCUT2D eigenvalue weighted by atomic mass is 32.2. The monoisotopic (exact) mass is 455 g/mol. The van der Waals surface area contributed by atoms with Crippen LogP contribution in [0.4, 0.5) is 4.79 Å².